The van der Waals surface area contributed by atoms with Gasteiger partial charge in [0, 0.05) is 22.8 Å². The first kappa shape index (κ1) is 14.1. The van der Waals surface area contributed by atoms with Crippen molar-refractivity contribution in [3.8, 4) is 0 Å². The molecule has 1 saturated carbocycles. The first-order valence-electron chi connectivity index (χ1n) is 6.42. The molecular weight excluding hydrogens is 310 g/mol. The van der Waals surface area contributed by atoms with Gasteiger partial charge in [-0.15, -0.1) is 0 Å². The zero-order chi connectivity index (χ0) is 14.0. The van der Waals surface area contributed by atoms with E-state index in [9.17, 15) is 9.59 Å². The lowest BCUT2D eigenvalue weighted by Gasteiger charge is -2.12. The van der Waals surface area contributed by atoms with Gasteiger partial charge in [-0.25, -0.2) is 0 Å². The number of nitrogens with zero attached hydrogens (tertiary/aromatic N) is 1. The van der Waals surface area contributed by atoms with E-state index in [0.717, 1.165) is 17.3 Å². The maximum absolute atomic E-state index is 12.1. The minimum Gasteiger partial charge on any atom is -0.352 e. The van der Waals surface area contributed by atoms with E-state index in [4.69, 9.17) is 0 Å². The lowest BCUT2D eigenvalue weighted by Crippen LogP contribution is -2.38. The van der Waals surface area contributed by atoms with Gasteiger partial charge in [-0.05, 0) is 48.7 Å². The van der Waals surface area contributed by atoms with Crippen molar-refractivity contribution < 1.29 is 9.59 Å². The Morgan fingerprint density at radius 3 is 2.74 bits per heavy atom. The molecule has 0 aliphatic heterocycles. The average Bonchev–Trinajstić information content (AvgIpc) is 3.05. The number of hydrogen-bond acceptors (Lipinski definition) is 2. The molecule has 1 aromatic rings. The Morgan fingerprint density at radius 2 is 2.16 bits per heavy atom. The fourth-order valence-corrected chi connectivity index (χ4v) is 2.25. The van der Waals surface area contributed by atoms with Crippen molar-refractivity contribution in [1.82, 2.24) is 15.2 Å². The van der Waals surface area contributed by atoms with E-state index >= 15 is 0 Å². The van der Waals surface area contributed by atoms with E-state index in [-0.39, 0.29) is 24.4 Å². The van der Waals surface area contributed by atoms with Crippen molar-refractivity contribution in [3.05, 3.63) is 22.4 Å². The first-order valence-corrected chi connectivity index (χ1v) is 7.21. The molecule has 0 saturated heterocycles. The van der Waals surface area contributed by atoms with Crippen molar-refractivity contribution in [2.75, 3.05) is 6.54 Å². The summed E-state index contributed by atoms with van der Waals surface area (Å²) in [6.45, 7) is 4.03. The number of amides is 2. The fraction of sp³-hybridized carbons (Fsp3) is 0.538. The molecule has 0 aromatic carbocycles. The number of nitrogens with one attached hydrogen (secondary N) is 2. The van der Waals surface area contributed by atoms with Crippen LogP contribution in [0.5, 0.6) is 0 Å². The van der Waals surface area contributed by atoms with Crippen LogP contribution in [-0.2, 0) is 4.79 Å². The topological polar surface area (TPSA) is 63.1 Å². The molecule has 1 fully saturated rings. The molecule has 19 heavy (non-hydrogen) atoms. The Labute approximate surface area is 120 Å². The van der Waals surface area contributed by atoms with Gasteiger partial charge in [-0.1, -0.05) is 0 Å². The van der Waals surface area contributed by atoms with Gasteiger partial charge in [-0.2, -0.15) is 0 Å². The van der Waals surface area contributed by atoms with Crippen LogP contribution >= 0.6 is 15.9 Å². The van der Waals surface area contributed by atoms with Gasteiger partial charge in [0.05, 0.1) is 6.54 Å². The summed E-state index contributed by atoms with van der Waals surface area (Å²) in [7, 11) is 0. The second-order valence-corrected chi connectivity index (χ2v) is 5.98. The van der Waals surface area contributed by atoms with Crippen LogP contribution in [0, 0.1) is 0 Å². The monoisotopic (exact) mass is 327 g/mol. The van der Waals surface area contributed by atoms with Gasteiger partial charge in [0.1, 0.15) is 5.69 Å². The molecule has 0 bridgehead atoms. The van der Waals surface area contributed by atoms with Crippen LogP contribution in [0.15, 0.2) is 16.7 Å². The van der Waals surface area contributed by atoms with Crippen molar-refractivity contribution in [2.24, 2.45) is 0 Å². The molecule has 1 aliphatic carbocycles. The Kier molecular flexibility index (Phi) is 4.29. The predicted molar refractivity (Wildman–Crippen MR) is 76.0 cm³/mol. The van der Waals surface area contributed by atoms with Gasteiger partial charge in [-0.3, -0.25) is 9.59 Å². The van der Waals surface area contributed by atoms with Crippen molar-refractivity contribution in [3.63, 3.8) is 0 Å². The Bertz CT molecular complexity index is 492. The third-order valence-electron chi connectivity index (χ3n) is 2.96. The molecule has 0 radical (unpaired) electrons. The summed E-state index contributed by atoms with van der Waals surface area (Å²) in [6.07, 6.45) is 3.95. The maximum atomic E-state index is 12.1. The van der Waals surface area contributed by atoms with Gasteiger partial charge < -0.3 is 15.2 Å². The normalized spacial score (nSPS) is 14.5. The summed E-state index contributed by atoms with van der Waals surface area (Å²) in [5, 5.41) is 5.48. The molecule has 6 heteroatoms. The molecule has 0 atom stereocenters. The molecule has 0 spiro atoms. The fourth-order valence-electron chi connectivity index (χ4n) is 1.81. The summed E-state index contributed by atoms with van der Waals surface area (Å²) >= 11 is 3.36. The average molecular weight is 328 g/mol. The number of hydrogen-bond donors (Lipinski definition) is 2. The van der Waals surface area contributed by atoms with E-state index in [1.807, 2.05) is 24.6 Å². The standard InChI is InChI=1S/C13H18BrN3O2/c1-8(2)17-7-9(14)5-11(17)13(19)15-6-12(18)16-10-3-4-10/h5,7-8,10H,3-4,6H2,1-2H3,(H,15,19)(H,16,18). The van der Waals surface area contributed by atoms with Gasteiger partial charge in [0.2, 0.25) is 5.91 Å². The molecule has 0 unspecified atom stereocenters. The van der Waals surface area contributed by atoms with Crippen LogP contribution in [0.4, 0.5) is 0 Å². The number of halogens is 1. The Morgan fingerprint density at radius 1 is 1.47 bits per heavy atom. The first-order chi connectivity index (χ1) is 8.97. The van der Waals surface area contributed by atoms with E-state index in [1.165, 1.54) is 0 Å². The quantitative estimate of drug-likeness (QED) is 0.866. The summed E-state index contributed by atoms with van der Waals surface area (Å²) in [4.78, 5) is 23.6. The second-order valence-electron chi connectivity index (χ2n) is 5.07. The van der Waals surface area contributed by atoms with Crippen LogP contribution in [0.2, 0.25) is 0 Å². The number of rotatable bonds is 5. The SMILES string of the molecule is CC(C)n1cc(Br)cc1C(=O)NCC(=O)NC1CC1. The van der Waals surface area contributed by atoms with Crippen molar-refractivity contribution >= 4 is 27.7 Å². The number of carbonyl (C=O) groups excluding carboxylic acids is 2. The second kappa shape index (κ2) is 5.77. The Hall–Kier alpha value is -1.30. The lowest BCUT2D eigenvalue weighted by molar-refractivity contribution is -0.120. The zero-order valence-corrected chi connectivity index (χ0v) is 12.7. The molecular formula is C13H18BrN3O2. The highest BCUT2D eigenvalue weighted by atomic mass is 79.9. The summed E-state index contributed by atoms with van der Waals surface area (Å²) in [5.74, 6) is -0.358. The smallest absolute Gasteiger partial charge is 0.268 e. The van der Waals surface area contributed by atoms with Crippen LogP contribution in [0.3, 0.4) is 0 Å². The van der Waals surface area contributed by atoms with Gasteiger partial charge in [0.25, 0.3) is 5.91 Å². The molecule has 104 valence electrons. The molecule has 2 rings (SSSR count). The lowest BCUT2D eigenvalue weighted by atomic mass is 10.3. The van der Waals surface area contributed by atoms with Gasteiger partial charge in [0.15, 0.2) is 0 Å². The van der Waals surface area contributed by atoms with Crippen LogP contribution in [0.1, 0.15) is 43.2 Å². The van der Waals surface area contributed by atoms with Crippen LogP contribution in [0.25, 0.3) is 0 Å². The zero-order valence-electron chi connectivity index (χ0n) is 11.1. The van der Waals surface area contributed by atoms with E-state index in [1.54, 1.807) is 6.07 Å². The third-order valence-corrected chi connectivity index (χ3v) is 3.39. The highest BCUT2D eigenvalue weighted by Crippen LogP contribution is 2.19. The third kappa shape index (κ3) is 3.83. The Balaban J connectivity index is 1.93. The highest BCUT2D eigenvalue weighted by Gasteiger charge is 2.23. The summed E-state index contributed by atoms with van der Waals surface area (Å²) in [5.41, 5.74) is 0.557. The van der Waals surface area contributed by atoms with Crippen molar-refractivity contribution in [1.29, 1.82) is 0 Å². The van der Waals surface area contributed by atoms with Crippen LogP contribution < -0.4 is 10.6 Å². The number of carbonyl (C=O) groups is 2. The summed E-state index contributed by atoms with van der Waals surface area (Å²) < 4.78 is 2.73. The van der Waals surface area contributed by atoms with E-state index in [2.05, 4.69) is 26.6 Å². The van der Waals surface area contributed by atoms with E-state index < -0.39 is 0 Å². The minimum atomic E-state index is -0.231. The van der Waals surface area contributed by atoms with Gasteiger partial charge >= 0.3 is 0 Å². The number of aromatic nitrogens is 1. The van der Waals surface area contributed by atoms with Crippen LogP contribution in [-0.4, -0.2) is 29.0 Å². The summed E-state index contributed by atoms with van der Waals surface area (Å²) in [6, 6.07) is 2.26. The minimum absolute atomic E-state index is 0.0240. The highest BCUT2D eigenvalue weighted by molar-refractivity contribution is 9.10. The molecule has 1 aliphatic rings. The molecule has 1 heterocycles. The maximum Gasteiger partial charge on any atom is 0.268 e. The predicted octanol–water partition coefficient (Wildman–Crippen LogP) is 1.84. The van der Waals surface area contributed by atoms with Crippen molar-refractivity contribution in [2.45, 2.75) is 38.8 Å². The molecule has 2 amide bonds. The van der Waals surface area contributed by atoms with E-state index in [0.29, 0.717) is 11.7 Å². The molecule has 1 aromatic heterocycles. The molecule has 5 nitrogen and oxygen atoms in total. The molecule has 2 N–H and O–H groups in total. The largest absolute Gasteiger partial charge is 0.352 e.